The van der Waals surface area contributed by atoms with E-state index >= 15 is 0 Å². The first-order valence-corrected chi connectivity index (χ1v) is 7.95. The zero-order chi connectivity index (χ0) is 15.6. The van der Waals surface area contributed by atoms with Crippen LogP contribution in [-0.2, 0) is 0 Å². The lowest BCUT2D eigenvalue weighted by atomic mass is 10.2. The third-order valence-corrected chi connectivity index (χ3v) is 4.16. The number of rotatable bonds is 4. The molecule has 23 heavy (non-hydrogen) atoms. The number of ether oxygens (including phenoxy) is 1. The second-order valence-electron chi connectivity index (χ2n) is 5.81. The van der Waals surface area contributed by atoms with Gasteiger partial charge in [0, 0.05) is 6.54 Å². The van der Waals surface area contributed by atoms with Gasteiger partial charge in [-0.3, -0.25) is 0 Å². The first-order chi connectivity index (χ1) is 11.3. The smallest absolute Gasteiger partial charge is 0.176 e. The van der Waals surface area contributed by atoms with E-state index in [9.17, 15) is 0 Å². The lowest BCUT2D eigenvalue weighted by Gasteiger charge is -2.25. The maximum absolute atomic E-state index is 5.93. The Labute approximate surface area is 134 Å². The largest absolute Gasteiger partial charge is 0.491 e. The average molecular weight is 309 g/mol. The molecule has 0 radical (unpaired) electrons. The second-order valence-corrected chi connectivity index (χ2v) is 5.81. The lowest BCUT2D eigenvalue weighted by molar-refractivity contribution is 0.288. The Morgan fingerprint density at radius 2 is 2.00 bits per heavy atom. The molecule has 2 aromatic heterocycles. The zero-order valence-electron chi connectivity index (χ0n) is 13.1. The van der Waals surface area contributed by atoms with Gasteiger partial charge in [0.1, 0.15) is 18.2 Å². The summed E-state index contributed by atoms with van der Waals surface area (Å²) in [6.07, 6.45) is 2.27. The molecule has 0 amide bonds. The summed E-state index contributed by atoms with van der Waals surface area (Å²) >= 11 is 0. The molecule has 3 aromatic rings. The van der Waals surface area contributed by atoms with E-state index in [4.69, 9.17) is 4.74 Å². The molecule has 1 aromatic carbocycles. The fourth-order valence-corrected chi connectivity index (χ4v) is 3.05. The van der Waals surface area contributed by atoms with Gasteiger partial charge in [0.05, 0.1) is 6.04 Å². The fourth-order valence-electron chi connectivity index (χ4n) is 3.05. The summed E-state index contributed by atoms with van der Waals surface area (Å²) in [5.41, 5.74) is 0.780. The van der Waals surface area contributed by atoms with Crippen LogP contribution in [0.25, 0.3) is 5.65 Å². The van der Waals surface area contributed by atoms with E-state index in [1.54, 1.807) is 4.63 Å². The Kier molecular flexibility index (Phi) is 3.57. The normalized spacial score (nSPS) is 17.8. The van der Waals surface area contributed by atoms with Crippen LogP contribution in [0.4, 0.5) is 5.82 Å². The zero-order valence-corrected chi connectivity index (χ0v) is 13.1. The summed E-state index contributed by atoms with van der Waals surface area (Å²) in [4.78, 5) is 6.63. The quantitative estimate of drug-likeness (QED) is 0.741. The number of para-hydroxylation sites is 1. The van der Waals surface area contributed by atoms with Gasteiger partial charge < -0.3 is 9.64 Å². The molecule has 0 bridgehead atoms. The molecule has 1 saturated heterocycles. The monoisotopic (exact) mass is 309 g/mol. The van der Waals surface area contributed by atoms with Crippen LogP contribution in [0.5, 0.6) is 5.75 Å². The van der Waals surface area contributed by atoms with Crippen LogP contribution in [-0.4, -0.2) is 39.0 Å². The molecule has 0 spiro atoms. The van der Waals surface area contributed by atoms with Crippen molar-refractivity contribution in [3.8, 4) is 5.75 Å². The van der Waals surface area contributed by atoms with Gasteiger partial charge in [-0.1, -0.05) is 18.2 Å². The maximum Gasteiger partial charge on any atom is 0.176 e. The molecule has 0 saturated carbocycles. The highest BCUT2D eigenvalue weighted by atomic mass is 16.5. The van der Waals surface area contributed by atoms with Gasteiger partial charge in [0.25, 0.3) is 0 Å². The van der Waals surface area contributed by atoms with E-state index in [1.807, 2.05) is 49.4 Å². The first-order valence-electron chi connectivity index (χ1n) is 7.95. The Hall–Kier alpha value is -2.63. The summed E-state index contributed by atoms with van der Waals surface area (Å²) in [5.74, 6) is 2.58. The molecule has 118 valence electrons. The molecule has 0 aliphatic carbocycles. The van der Waals surface area contributed by atoms with Gasteiger partial charge in [-0.25, -0.2) is 4.98 Å². The van der Waals surface area contributed by atoms with Crippen molar-refractivity contribution in [1.82, 2.24) is 19.8 Å². The summed E-state index contributed by atoms with van der Waals surface area (Å²) in [7, 11) is 0. The SMILES string of the molecule is Cc1nc2ccc(N3CCC[C@H]3COc3ccccc3)nn2n1. The van der Waals surface area contributed by atoms with E-state index < -0.39 is 0 Å². The van der Waals surface area contributed by atoms with Crippen molar-refractivity contribution >= 4 is 11.5 Å². The van der Waals surface area contributed by atoms with E-state index in [1.165, 1.54) is 0 Å². The number of fused-ring (bicyclic) bond motifs is 1. The minimum atomic E-state index is 0.338. The third-order valence-electron chi connectivity index (χ3n) is 4.16. The van der Waals surface area contributed by atoms with Crippen molar-refractivity contribution < 1.29 is 4.74 Å². The molecule has 6 nitrogen and oxygen atoms in total. The van der Waals surface area contributed by atoms with Crippen LogP contribution in [0.1, 0.15) is 18.7 Å². The van der Waals surface area contributed by atoms with Crippen LogP contribution >= 0.6 is 0 Å². The molecule has 4 rings (SSSR count). The Bertz CT molecular complexity index is 801. The molecule has 1 aliphatic heterocycles. The number of aryl methyl sites for hydroxylation is 1. The van der Waals surface area contributed by atoms with E-state index in [0.29, 0.717) is 12.6 Å². The molecule has 6 heteroatoms. The second kappa shape index (κ2) is 5.87. The summed E-state index contributed by atoms with van der Waals surface area (Å²) in [6, 6.07) is 14.3. The molecule has 1 aliphatic rings. The van der Waals surface area contributed by atoms with E-state index in [-0.39, 0.29) is 0 Å². The number of benzene rings is 1. The van der Waals surface area contributed by atoms with Crippen LogP contribution in [0.2, 0.25) is 0 Å². The lowest BCUT2D eigenvalue weighted by Crippen LogP contribution is -2.35. The van der Waals surface area contributed by atoms with Crippen molar-refractivity contribution in [1.29, 1.82) is 0 Å². The predicted molar refractivity (Wildman–Crippen MR) is 87.8 cm³/mol. The summed E-state index contributed by atoms with van der Waals surface area (Å²) in [5, 5.41) is 8.90. The standard InChI is InChI=1S/C17H19N5O/c1-13-18-16-9-10-17(20-22(16)19-13)21-11-5-6-14(21)12-23-15-7-3-2-4-8-15/h2-4,7-10,14H,5-6,11-12H2,1H3/t14-/m0/s1. The number of hydrogen-bond acceptors (Lipinski definition) is 5. The fraction of sp³-hybridized carbons (Fsp3) is 0.353. The van der Waals surface area contributed by atoms with Crippen molar-refractivity contribution in [2.75, 3.05) is 18.1 Å². The Morgan fingerprint density at radius 1 is 1.13 bits per heavy atom. The number of nitrogens with zero attached hydrogens (tertiary/aromatic N) is 5. The van der Waals surface area contributed by atoms with Gasteiger partial charge in [-0.05, 0) is 44.0 Å². The van der Waals surface area contributed by atoms with Gasteiger partial charge in [0.15, 0.2) is 11.5 Å². The Morgan fingerprint density at radius 3 is 2.87 bits per heavy atom. The van der Waals surface area contributed by atoms with E-state index in [2.05, 4.69) is 20.1 Å². The van der Waals surface area contributed by atoms with Crippen LogP contribution in [0, 0.1) is 6.92 Å². The molecule has 0 N–H and O–H groups in total. The van der Waals surface area contributed by atoms with Gasteiger partial charge in [0.2, 0.25) is 0 Å². The molecule has 0 unspecified atom stereocenters. The van der Waals surface area contributed by atoms with Crippen molar-refractivity contribution in [2.45, 2.75) is 25.8 Å². The number of hydrogen-bond donors (Lipinski definition) is 0. The van der Waals surface area contributed by atoms with Gasteiger partial charge in [-0.2, -0.15) is 0 Å². The number of anilines is 1. The van der Waals surface area contributed by atoms with Gasteiger partial charge >= 0.3 is 0 Å². The van der Waals surface area contributed by atoms with E-state index in [0.717, 1.165) is 42.4 Å². The predicted octanol–water partition coefficient (Wildman–Crippen LogP) is 2.48. The van der Waals surface area contributed by atoms with Gasteiger partial charge in [-0.15, -0.1) is 14.8 Å². The Balaban J connectivity index is 1.51. The highest BCUT2D eigenvalue weighted by Crippen LogP contribution is 2.24. The van der Waals surface area contributed by atoms with Crippen molar-refractivity contribution in [3.05, 3.63) is 48.3 Å². The molecule has 3 heterocycles. The average Bonchev–Trinajstić information content (AvgIpc) is 3.18. The highest BCUT2D eigenvalue weighted by molar-refractivity contribution is 5.46. The molecule has 1 fully saturated rings. The summed E-state index contributed by atoms with van der Waals surface area (Å²) < 4.78 is 7.54. The minimum absolute atomic E-state index is 0.338. The molecule has 1 atom stereocenters. The molecular formula is C17H19N5O. The van der Waals surface area contributed by atoms with Crippen LogP contribution < -0.4 is 9.64 Å². The minimum Gasteiger partial charge on any atom is -0.491 e. The first kappa shape index (κ1) is 14.0. The maximum atomic E-state index is 5.93. The van der Waals surface area contributed by atoms with Crippen molar-refractivity contribution in [3.63, 3.8) is 0 Å². The topological polar surface area (TPSA) is 55.5 Å². The highest BCUT2D eigenvalue weighted by Gasteiger charge is 2.26. The number of aromatic nitrogens is 4. The van der Waals surface area contributed by atoms with Crippen LogP contribution in [0.15, 0.2) is 42.5 Å². The summed E-state index contributed by atoms with van der Waals surface area (Å²) in [6.45, 7) is 3.54. The third kappa shape index (κ3) is 2.84. The molecular weight excluding hydrogens is 290 g/mol. The van der Waals surface area contributed by atoms with Crippen LogP contribution in [0.3, 0.4) is 0 Å². The van der Waals surface area contributed by atoms with Crippen molar-refractivity contribution in [2.24, 2.45) is 0 Å².